The first-order valence-corrected chi connectivity index (χ1v) is 10.9. The number of hydrogen-bond acceptors (Lipinski definition) is 3. The van der Waals surface area contributed by atoms with Gasteiger partial charge in [0, 0.05) is 18.0 Å². The minimum atomic E-state index is -0.127. The van der Waals surface area contributed by atoms with Crippen LogP contribution in [0.25, 0.3) is 16.9 Å². The largest absolute Gasteiger partial charge is 0.358 e. The number of anilines is 1. The Kier molecular flexibility index (Phi) is 5.20. The summed E-state index contributed by atoms with van der Waals surface area (Å²) >= 11 is 0. The van der Waals surface area contributed by atoms with Crippen molar-refractivity contribution < 1.29 is 0 Å². The molecule has 0 radical (unpaired) electrons. The minimum Gasteiger partial charge on any atom is -0.358 e. The normalized spacial score (nSPS) is 12.1. The molecule has 1 atom stereocenters. The fourth-order valence-corrected chi connectivity index (χ4v) is 4.08. The van der Waals surface area contributed by atoms with Crippen LogP contribution in [0.1, 0.15) is 34.0 Å². The minimum absolute atomic E-state index is 0.127. The zero-order valence-electron chi connectivity index (χ0n) is 18.6. The monoisotopic (exact) mass is 418 g/mol. The fourth-order valence-electron chi connectivity index (χ4n) is 4.08. The van der Waals surface area contributed by atoms with E-state index in [-0.39, 0.29) is 6.04 Å². The van der Waals surface area contributed by atoms with Crippen molar-refractivity contribution in [2.24, 2.45) is 0 Å². The first-order chi connectivity index (χ1) is 15.6. The molecule has 5 aromatic rings. The molecule has 4 heteroatoms. The lowest BCUT2D eigenvalue weighted by molar-refractivity contribution is 0.862. The third-order valence-corrected chi connectivity index (χ3v) is 5.76. The van der Waals surface area contributed by atoms with Crippen molar-refractivity contribution in [3.63, 3.8) is 0 Å². The average Bonchev–Trinajstić information content (AvgIpc) is 3.17. The molecule has 0 amide bonds. The summed E-state index contributed by atoms with van der Waals surface area (Å²) in [4.78, 5) is 9.66. The van der Waals surface area contributed by atoms with Crippen LogP contribution in [0.5, 0.6) is 0 Å². The molecule has 0 fully saturated rings. The molecule has 32 heavy (non-hydrogen) atoms. The van der Waals surface area contributed by atoms with Crippen LogP contribution in [0, 0.1) is 20.8 Å². The Bertz CT molecular complexity index is 1370. The predicted octanol–water partition coefficient (Wildman–Crippen LogP) is 6.52. The van der Waals surface area contributed by atoms with Crippen LogP contribution in [0.3, 0.4) is 0 Å². The molecule has 0 aliphatic rings. The Labute approximate surface area is 188 Å². The molecule has 0 aliphatic heterocycles. The third kappa shape index (κ3) is 3.87. The maximum atomic E-state index is 5.07. The Morgan fingerprint density at radius 3 is 2.28 bits per heavy atom. The van der Waals surface area contributed by atoms with E-state index < -0.39 is 0 Å². The van der Waals surface area contributed by atoms with Crippen molar-refractivity contribution in [1.29, 1.82) is 0 Å². The van der Waals surface area contributed by atoms with Crippen LogP contribution in [0.2, 0.25) is 0 Å². The molecular weight excluding hydrogens is 392 g/mol. The van der Waals surface area contributed by atoms with Gasteiger partial charge in [0.05, 0.1) is 17.4 Å². The molecule has 3 aromatic heterocycles. The van der Waals surface area contributed by atoms with Crippen LogP contribution >= 0.6 is 0 Å². The lowest BCUT2D eigenvalue weighted by Crippen LogP contribution is -2.16. The molecular formula is C28H26N4. The van der Waals surface area contributed by atoms with Gasteiger partial charge in [-0.3, -0.25) is 0 Å². The second-order valence-corrected chi connectivity index (χ2v) is 8.35. The summed E-state index contributed by atoms with van der Waals surface area (Å²) in [5.74, 6) is 0.844. The lowest BCUT2D eigenvalue weighted by atomic mass is 9.98. The van der Waals surface area contributed by atoms with Gasteiger partial charge in [-0.15, -0.1) is 0 Å². The number of aryl methyl sites for hydroxylation is 3. The highest BCUT2D eigenvalue weighted by Gasteiger charge is 2.25. The van der Waals surface area contributed by atoms with Gasteiger partial charge in [-0.05, 0) is 61.7 Å². The smallest absolute Gasteiger partial charge is 0.138 e. The number of rotatable bonds is 5. The zero-order chi connectivity index (χ0) is 22.1. The molecule has 158 valence electrons. The molecule has 3 heterocycles. The summed E-state index contributed by atoms with van der Waals surface area (Å²) in [6.45, 7) is 6.30. The maximum absolute atomic E-state index is 5.07. The quantitative estimate of drug-likeness (QED) is 0.353. The van der Waals surface area contributed by atoms with Gasteiger partial charge in [0.25, 0.3) is 0 Å². The van der Waals surface area contributed by atoms with Gasteiger partial charge in [-0.2, -0.15) is 0 Å². The number of nitrogens with one attached hydrogen (secondary N) is 1. The summed E-state index contributed by atoms with van der Waals surface area (Å²) in [6, 6.07) is 27.3. The van der Waals surface area contributed by atoms with Gasteiger partial charge < -0.3 is 9.72 Å². The average molecular weight is 419 g/mol. The van der Waals surface area contributed by atoms with E-state index in [1.165, 1.54) is 22.3 Å². The van der Waals surface area contributed by atoms with Crippen LogP contribution < -0.4 is 5.32 Å². The Balaban J connectivity index is 1.76. The third-order valence-electron chi connectivity index (χ3n) is 5.76. The van der Waals surface area contributed by atoms with Crippen molar-refractivity contribution in [2.75, 3.05) is 5.32 Å². The molecule has 5 rings (SSSR count). The van der Waals surface area contributed by atoms with Gasteiger partial charge in [0.15, 0.2) is 0 Å². The first-order valence-electron chi connectivity index (χ1n) is 10.9. The Hall–Kier alpha value is -3.92. The van der Waals surface area contributed by atoms with E-state index >= 15 is 0 Å². The van der Waals surface area contributed by atoms with Gasteiger partial charge in [0.1, 0.15) is 11.5 Å². The van der Waals surface area contributed by atoms with E-state index in [4.69, 9.17) is 4.98 Å². The first kappa shape index (κ1) is 20.0. The van der Waals surface area contributed by atoms with Gasteiger partial charge in [-0.25, -0.2) is 9.97 Å². The summed E-state index contributed by atoms with van der Waals surface area (Å²) in [5, 5.41) is 3.70. The highest BCUT2D eigenvalue weighted by Crippen LogP contribution is 2.35. The highest BCUT2D eigenvalue weighted by atomic mass is 15.1. The number of benzene rings is 2. The van der Waals surface area contributed by atoms with Crippen LogP contribution in [0.4, 0.5) is 5.82 Å². The Morgan fingerprint density at radius 1 is 0.781 bits per heavy atom. The van der Waals surface area contributed by atoms with Crippen molar-refractivity contribution in [3.05, 3.63) is 119 Å². The molecule has 0 unspecified atom stereocenters. The van der Waals surface area contributed by atoms with E-state index in [0.717, 1.165) is 28.4 Å². The fraction of sp³-hybridized carbons (Fsp3) is 0.143. The number of fused-ring (bicyclic) bond motifs is 1. The number of pyridine rings is 2. The molecule has 0 saturated heterocycles. The predicted molar refractivity (Wildman–Crippen MR) is 131 cm³/mol. The standard InChI is InChI=1S/C28H26N4/c1-19-9-11-23(12-10-19)26(30-24-17-20(2)13-15-29-24)28-27(22-7-5-4-6-8-22)31-25-18-21(3)14-16-32(25)28/h4-18,26H,1-3H3,(H,29,30)/t26-/m0/s1. The number of imidazole rings is 1. The second-order valence-electron chi connectivity index (χ2n) is 8.35. The van der Waals surface area contributed by atoms with Crippen molar-refractivity contribution >= 4 is 11.5 Å². The lowest BCUT2D eigenvalue weighted by Gasteiger charge is -2.22. The number of aromatic nitrogens is 3. The number of nitrogens with zero attached hydrogens (tertiary/aromatic N) is 3. The van der Waals surface area contributed by atoms with Crippen molar-refractivity contribution in [1.82, 2.24) is 14.4 Å². The second kappa shape index (κ2) is 8.31. The Morgan fingerprint density at radius 2 is 1.53 bits per heavy atom. The summed E-state index contributed by atoms with van der Waals surface area (Å²) in [6.07, 6.45) is 3.96. The summed E-state index contributed by atoms with van der Waals surface area (Å²) < 4.78 is 2.20. The van der Waals surface area contributed by atoms with Gasteiger partial charge >= 0.3 is 0 Å². The zero-order valence-corrected chi connectivity index (χ0v) is 18.6. The molecule has 0 saturated carbocycles. The van der Waals surface area contributed by atoms with Gasteiger partial charge in [0.2, 0.25) is 0 Å². The van der Waals surface area contributed by atoms with E-state index in [1.807, 2.05) is 18.3 Å². The summed E-state index contributed by atoms with van der Waals surface area (Å²) in [7, 11) is 0. The van der Waals surface area contributed by atoms with E-state index in [9.17, 15) is 0 Å². The number of hydrogen-bond donors (Lipinski definition) is 1. The van der Waals surface area contributed by atoms with E-state index in [1.54, 1.807) is 0 Å². The molecule has 0 spiro atoms. The van der Waals surface area contributed by atoms with Crippen LogP contribution in [-0.2, 0) is 0 Å². The molecule has 2 aromatic carbocycles. The van der Waals surface area contributed by atoms with Crippen LogP contribution in [-0.4, -0.2) is 14.4 Å². The molecule has 0 bridgehead atoms. The SMILES string of the molecule is Cc1ccc([C@H](Nc2cc(C)ccn2)c2c(-c3ccccc3)nc3cc(C)ccn23)cc1. The summed E-state index contributed by atoms with van der Waals surface area (Å²) in [5.41, 5.74) is 8.86. The van der Waals surface area contributed by atoms with Crippen molar-refractivity contribution in [3.8, 4) is 11.3 Å². The molecule has 0 aliphatic carbocycles. The molecule has 4 nitrogen and oxygen atoms in total. The van der Waals surface area contributed by atoms with E-state index in [0.29, 0.717) is 0 Å². The van der Waals surface area contributed by atoms with E-state index in [2.05, 4.69) is 108 Å². The maximum Gasteiger partial charge on any atom is 0.138 e. The van der Waals surface area contributed by atoms with Crippen molar-refractivity contribution in [2.45, 2.75) is 26.8 Å². The van der Waals surface area contributed by atoms with Crippen LogP contribution in [0.15, 0.2) is 91.3 Å². The topological polar surface area (TPSA) is 42.2 Å². The molecule has 1 N–H and O–H groups in total. The highest BCUT2D eigenvalue weighted by molar-refractivity contribution is 5.69. The van der Waals surface area contributed by atoms with Gasteiger partial charge in [-0.1, -0.05) is 60.2 Å².